The number of methoxy groups -OCH3 is 1. The number of benzene rings is 1. The Morgan fingerprint density at radius 1 is 1.45 bits per heavy atom. The van der Waals surface area contributed by atoms with Gasteiger partial charge in [0.25, 0.3) is 0 Å². The third-order valence-corrected chi connectivity index (χ3v) is 4.76. The maximum atomic E-state index is 12.6. The second-order valence-electron chi connectivity index (χ2n) is 5.72. The maximum Gasteiger partial charge on any atom is 0.227 e. The molecule has 2 rings (SSSR count). The van der Waals surface area contributed by atoms with Crippen LogP contribution in [0.5, 0.6) is 5.75 Å². The highest BCUT2D eigenvalue weighted by molar-refractivity contribution is 9.10. The normalized spacial score (nSPS) is 20.2. The zero-order chi connectivity index (χ0) is 15.6. The molecule has 1 heterocycles. The monoisotopic (exact) mass is 390 g/mol. The Labute approximate surface area is 146 Å². The van der Waals surface area contributed by atoms with Crippen LogP contribution >= 0.6 is 28.3 Å². The van der Waals surface area contributed by atoms with E-state index in [0.29, 0.717) is 0 Å². The lowest BCUT2D eigenvalue weighted by Gasteiger charge is -2.30. The molecular weight excluding hydrogens is 368 g/mol. The Morgan fingerprint density at radius 2 is 2.14 bits per heavy atom. The molecule has 0 bridgehead atoms. The van der Waals surface area contributed by atoms with Gasteiger partial charge in [0.1, 0.15) is 5.75 Å². The molecule has 3 unspecified atom stereocenters. The van der Waals surface area contributed by atoms with Crippen molar-refractivity contribution in [2.24, 2.45) is 11.7 Å². The number of amides is 1. The summed E-state index contributed by atoms with van der Waals surface area (Å²) in [4.78, 5) is 14.6. The summed E-state index contributed by atoms with van der Waals surface area (Å²) < 4.78 is 6.46. The van der Waals surface area contributed by atoms with Crippen molar-refractivity contribution in [1.29, 1.82) is 0 Å². The molecule has 2 N–H and O–H groups in total. The molecule has 0 saturated carbocycles. The van der Waals surface area contributed by atoms with Gasteiger partial charge in [-0.05, 0) is 38.0 Å². The van der Waals surface area contributed by atoms with E-state index in [2.05, 4.69) is 15.9 Å². The Morgan fingerprint density at radius 3 is 2.73 bits per heavy atom. The van der Waals surface area contributed by atoms with E-state index in [1.54, 1.807) is 7.11 Å². The first-order valence-corrected chi connectivity index (χ1v) is 8.14. The molecule has 1 saturated heterocycles. The van der Waals surface area contributed by atoms with Crippen LogP contribution < -0.4 is 10.5 Å². The van der Waals surface area contributed by atoms with Gasteiger partial charge in [-0.1, -0.05) is 22.9 Å². The van der Waals surface area contributed by atoms with E-state index in [1.807, 2.05) is 36.9 Å². The highest BCUT2D eigenvalue weighted by atomic mass is 79.9. The molecule has 1 aromatic rings. The molecule has 0 aromatic heterocycles. The van der Waals surface area contributed by atoms with Crippen molar-refractivity contribution in [3.63, 3.8) is 0 Å². The van der Waals surface area contributed by atoms with Crippen LogP contribution in [0.1, 0.15) is 38.3 Å². The van der Waals surface area contributed by atoms with Crippen molar-refractivity contribution in [1.82, 2.24) is 4.90 Å². The van der Waals surface area contributed by atoms with E-state index in [9.17, 15) is 4.79 Å². The van der Waals surface area contributed by atoms with Gasteiger partial charge >= 0.3 is 0 Å². The van der Waals surface area contributed by atoms with Gasteiger partial charge in [0.15, 0.2) is 0 Å². The fourth-order valence-electron chi connectivity index (χ4n) is 2.81. The number of carbonyl (C=O) groups is 1. The third kappa shape index (κ3) is 3.94. The van der Waals surface area contributed by atoms with E-state index in [-0.39, 0.29) is 36.3 Å². The van der Waals surface area contributed by atoms with E-state index in [1.165, 1.54) is 0 Å². The molecule has 4 nitrogen and oxygen atoms in total. The van der Waals surface area contributed by atoms with Gasteiger partial charge in [-0.3, -0.25) is 4.79 Å². The Hall–Kier alpha value is -0.780. The summed E-state index contributed by atoms with van der Waals surface area (Å²) in [6.07, 6.45) is 1.97. The van der Waals surface area contributed by atoms with Gasteiger partial charge in [0.2, 0.25) is 5.91 Å². The number of carbonyl (C=O) groups excluding carboxylic acids is 1. The first-order chi connectivity index (χ1) is 9.95. The second kappa shape index (κ2) is 8.18. The van der Waals surface area contributed by atoms with E-state index >= 15 is 0 Å². The largest absolute Gasteiger partial charge is 0.496 e. The summed E-state index contributed by atoms with van der Waals surface area (Å²) in [5.74, 6) is 0.801. The summed E-state index contributed by atoms with van der Waals surface area (Å²) >= 11 is 3.50. The van der Waals surface area contributed by atoms with Gasteiger partial charge in [0, 0.05) is 22.6 Å². The average Bonchev–Trinajstić information content (AvgIpc) is 2.94. The predicted molar refractivity (Wildman–Crippen MR) is 94.4 cm³/mol. The highest BCUT2D eigenvalue weighted by Crippen LogP contribution is 2.39. The van der Waals surface area contributed by atoms with Crippen molar-refractivity contribution < 1.29 is 9.53 Å². The Balaban J connectivity index is 0.00000242. The van der Waals surface area contributed by atoms with Crippen LogP contribution in [0.3, 0.4) is 0 Å². The summed E-state index contributed by atoms with van der Waals surface area (Å²) in [5, 5.41) is 0. The number of halogens is 2. The lowest BCUT2D eigenvalue weighted by molar-refractivity contribution is -0.136. The van der Waals surface area contributed by atoms with E-state index < -0.39 is 0 Å². The smallest absolute Gasteiger partial charge is 0.227 e. The van der Waals surface area contributed by atoms with Crippen LogP contribution in [-0.4, -0.2) is 30.5 Å². The van der Waals surface area contributed by atoms with Crippen molar-refractivity contribution in [2.45, 2.75) is 38.8 Å². The SMILES string of the molecule is COc1ccc(Br)cc1C1CCCN1C(=O)C(C)C(C)N.Cl. The van der Waals surface area contributed by atoms with Crippen LogP contribution in [0.4, 0.5) is 0 Å². The quantitative estimate of drug-likeness (QED) is 0.854. The molecule has 0 aliphatic carbocycles. The van der Waals surface area contributed by atoms with Crippen LogP contribution in [0.2, 0.25) is 0 Å². The molecule has 1 aliphatic heterocycles. The number of rotatable bonds is 4. The Kier molecular flexibility index (Phi) is 7.16. The van der Waals surface area contributed by atoms with Gasteiger partial charge in [-0.15, -0.1) is 12.4 Å². The molecule has 6 heteroatoms. The first-order valence-electron chi connectivity index (χ1n) is 7.35. The topological polar surface area (TPSA) is 55.6 Å². The third-order valence-electron chi connectivity index (χ3n) is 4.26. The fourth-order valence-corrected chi connectivity index (χ4v) is 3.18. The number of hydrogen-bond acceptors (Lipinski definition) is 3. The molecular formula is C16H24BrClN2O2. The van der Waals surface area contributed by atoms with Crippen molar-refractivity contribution in [3.05, 3.63) is 28.2 Å². The minimum absolute atomic E-state index is 0. The lowest BCUT2D eigenvalue weighted by Crippen LogP contribution is -2.41. The van der Waals surface area contributed by atoms with Crippen molar-refractivity contribution >= 4 is 34.2 Å². The summed E-state index contributed by atoms with van der Waals surface area (Å²) in [6, 6.07) is 5.88. The number of likely N-dealkylation sites (tertiary alicyclic amines) is 1. The molecule has 124 valence electrons. The second-order valence-corrected chi connectivity index (χ2v) is 6.64. The van der Waals surface area contributed by atoms with Crippen molar-refractivity contribution in [3.8, 4) is 5.75 Å². The molecule has 0 radical (unpaired) electrons. The molecule has 1 amide bonds. The Bertz CT molecular complexity index is 525. The van der Waals surface area contributed by atoms with Crippen LogP contribution in [0.25, 0.3) is 0 Å². The minimum Gasteiger partial charge on any atom is -0.496 e. The summed E-state index contributed by atoms with van der Waals surface area (Å²) in [6.45, 7) is 4.57. The van der Waals surface area contributed by atoms with E-state index in [0.717, 1.165) is 35.2 Å². The number of hydrogen-bond donors (Lipinski definition) is 1. The molecule has 0 spiro atoms. The lowest BCUT2D eigenvalue weighted by atomic mass is 9.99. The summed E-state index contributed by atoms with van der Waals surface area (Å²) in [7, 11) is 1.67. The van der Waals surface area contributed by atoms with Crippen LogP contribution in [0, 0.1) is 5.92 Å². The number of ether oxygens (including phenoxy) is 1. The fraction of sp³-hybridized carbons (Fsp3) is 0.562. The van der Waals surface area contributed by atoms with Gasteiger partial charge in [-0.25, -0.2) is 0 Å². The number of nitrogens with two attached hydrogens (primary N) is 1. The highest BCUT2D eigenvalue weighted by Gasteiger charge is 2.34. The first kappa shape index (κ1) is 19.3. The van der Waals surface area contributed by atoms with Gasteiger partial charge < -0.3 is 15.4 Å². The standard InChI is InChI=1S/C16H23BrN2O2.ClH/c1-10(11(2)18)16(20)19-8-4-5-14(19)13-9-12(17)6-7-15(13)21-3;/h6-7,9-11,14H,4-5,8,18H2,1-3H3;1H. The average molecular weight is 392 g/mol. The van der Waals surface area contributed by atoms with Crippen molar-refractivity contribution in [2.75, 3.05) is 13.7 Å². The van der Waals surface area contributed by atoms with Gasteiger partial charge in [0.05, 0.1) is 19.1 Å². The van der Waals surface area contributed by atoms with E-state index in [4.69, 9.17) is 10.5 Å². The molecule has 22 heavy (non-hydrogen) atoms. The maximum absolute atomic E-state index is 12.6. The van der Waals surface area contributed by atoms with Crippen LogP contribution in [-0.2, 0) is 4.79 Å². The molecule has 1 aromatic carbocycles. The summed E-state index contributed by atoms with van der Waals surface area (Å²) in [5.41, 5.74) is 6.95. The molecule has 1 fully saturated rings. The predicted octanol–water partition coefficient (Wildman–Crippen LogP) is 3.53. The zero-order valence-corrected chi connectivity index (χ0v) is 15.6. The minimum atomic E-state index is -0.163. The molecule has 1 aliphatic rings. The zero-order valence-electron chi connectivity index (χ0n) is 13.2. The van der Waals surface area contributed by atoms with Gasteiger partial charge in [-0.2, -0.15) is 0 Å². The van der Waals surface area contributed by atoms with Crippen LogP contribution in [0.15, 0.2) is 22.7 Å². The molecule has 3 atom stereocenters. The number of nitrogens with zero attached hydrogens (tertiary/aromatic N) is 1.